The number of carbonyl (C=O) groups excluding carboxylic acids is 1. The molecule has 3 nitrogen and oxygen atoms in total. The Balaban J connectivity index is 1.39. The predicted molar refractivity (Wildman–Crippen MR) is 94.3 cm³/mol. The van der Waals surface area contributed by atoms with Gasteiger partial charge in [0.1, 0.15) is 11.5 Å². The highest BCUT2D eigenvalue weighted by atomic mass is 16.3. The molecule has 2 aromatic rings. The maximum absolute atomic E-state index is 12.3. The summed E-state index contributed by atoms with van der Waals surface area (Å²) >= 11 is 0. The molecule has 2 saturated carbocycles. The molecule has 0 spiro atoms. The average Bonchev–Trinajstić information content (AvgIpc) is 3.52. The maximum Gasteiger partial charge on any atom is 0.244 e. The van der Waals surface area contributed by atoms with Gasteiger partial charge in [0, 0.05) is 12.0 Å². The van der Waals surface area contributed by atoms with Gasteiger partial charge in [-0.1, -0.05) is 37.3 Å². The topological polar surface area (TPSA) is 42.2 Å². The lowest BCUT2D eigenvalue weighted by molar-refractivity contribution is -0.117. The molecule has 1 heterocycles. The molecule has 2 fully saturated rings. The van der Waals surface area contributed by atoms with E-state index in [1.165, 1.54) is 24.8 Å². The zero-order valence-electron chi connectivity index (χ0n) is 13.9. The molecule has 0 bridgehead atoms. The summed E-state index contributed by atoms with van der Waals surface area (Å²) < 4.78 is 5.81. The van der Waals surface area contributed by atoms with E-state index in [2.05, 4.69) is 24.4 Å². The Kier molecular flexibility index (Phi) is 4.01. The van der Waals surface area contributed by atoms with E-state index >= 15 is 0 Å². The first-order valence-corrected chi connectivity index (χ1v) is 8.84. The minimum absolute atomic E-state index is 0.0616. The van der Waals surface area contributed by atoms with Gasteiger partial charge >= 0.3 is 0 Å². The molecule has 1 aromatic heterocycles. The molecular weight excluding hydrogens is 298 g/mol. The first-order chi connectivity index (χ1) is 11.7. The molecule has 124 valence electrons. The van der Waals surface area contributed by atoms with Crippen LogP contribution >= 0.6 is 0 Å². The van der Waals surface area contributed by atoms with Gasteiger partial charge in [0.05, 0.1) is 6.04 Å². The highest BCUT2D eigenvalue weighted by Gasteiger charge is 2.36. The maximum atomic E-state index is 12.3. The second-order valence-electron chi connectivity index (χ2n) is 7.13. The van der Waals surface area contributed by atoms with Crippen LogP contribution in [0.1, 0.15) is 55.2 Å². The summed E-state index contributed by atoms with van der Waals surface area (Å²) in [6, 6.07) is 14.3. The van der Waals surface area contributed by atoms with E-state index < -0.39 is 0 Å². The lowest BCUT2D eigenvalue weighted by Gasteiger charge is -2.17. The molecule has 3 heteroatoms. The molecule has 0 aliphatic heterocycles. The van der Waals surface area contributed by atoms with Gasteiger partial charge in [0.2, 0.25) is 5.91 Å². The monoisotopic (exact) mass is 321 g/mol. The Morgan fingerprint density at radius 1 is 1.21 bits per heavy atom. The van der Waals surface area contributed by atoms with E-state index in [0.29, 0.717) is 11.8 Å². The van der Waals surface area contributed by atoms with Gasteiger partial charge in [-0.05, 0) is 54.9 Å². The number of hydrogen-bond acceptors (Lipinski definition) is 2. The van der Waals surface area contributed by atoms with Crippen molar-refractivity contribution in [2.24, 2.45) is 11.8 Å². The molecule has 0 saturated heterocycles. The van der Waals surface area contributed by atoms with Crippen molar-refractivity contribution in [1.82, 2.24) is 5.32 Å². The Hall–Kier alpha value is -2.29. The summed E-state index contributed by atoms with van der Waals surface area (Å²) in [6.07, 6.45) is 6.92. The second-order valence-corrected chi connectivity index (χ2v) is 7.13. The van der Waals surface area contributed by atoms with Gasteiger partial charge in [-0.3, -0.25) is 4.79 Å². The smallest absolute Gasteiger partial charge is 0.244 e. The molecule has 1 N–H and O–H groups in total. The largest absolute Gasteiger partial charge is 0.461 e. The highest BCUT2D eigenvalue weighted by molar-refractivity contribution is 5.91. The predicted octanol–water partition coefficient (Wildman–Crippen LogP) is 4.68. The van der Waals surface area contributed by atoms with Crippen LogP contribution in [0.2, 0.25) is 0 Å². The fourth-order valence-electron chi connectivity index (χ4n) is 3.30. The standard InChI is InChI=1S/C21H23NO2/c1-14-13-18(14)19-11-9-17(24-19)10-12-20(23)22-21(16-7-8-16)15-5-3-2-4-6-15/h2-6,9-12,14,16,18,21H,7-8,13H2,1H3,(H,22,23)/b12-10+. The molecule has 2 aliphatic carbocycles. The molecule has 0 radical (unpaired) electrons. The number of carbonyl (C=O) groups is 1. The first-order valence-electron chi connectivity index (χ1n) is 8.84. The summed E-state index contributed by atoms with van der Waals surface area (Å²) in [5.74, 6) is 3.59. The van der Waals surface area contributed by atoms with Crippen LogP contribution in [-0.4, -0.2) is 5.91 Å². The summed E-state index contributed by atoms with van der Waals surface area (Å²) in [5.41, 5.74) is 1.18. The van der Waals surface area contributed by atoms with E-state index in [1.807, 2.05) is 30.3 Å². The van der Waals surface area contributed by atoms with Crippen LogP contribution in [0, 0.1) is 11.8 Å². The summed E-state index contributed by atoms with van der Waals surface area (Å²) in [7, 11) is 0. The SMILES string of the molecule is CC1CC1c1ccc(/C=C/C(=O)NC(c2ccccc2)C2CC2)o1. The third-order valence-corrected chi connectivity index (χ3v) is 5.07. The molecule has 1 aromatic carbocycles. The van der Waals surface area contributed by atoms with E-state index in [1.54, 1.807) is 12.2 Å². The van der Waals surface area contributed by atoms with Crippen molar-refractivity contribution >= 4 is 12.0 Å². The number of amides is 1. The van der Waals surface area contributed by atoms with E-state index in [-0.39, 0.29) is 11.9 Å². The summed E-state index contributed by atoms with van der Waals surface area (Å²) in [5, 5.41) is 3.15. The van der Waals surface area contributed by atoms with Crippen LogP contribution in [0.4, 0.5) is 0 Å². The summed E-state index contributed by atoms with van der Waals surface area (Å²) in [4.78, 5) is 12.3. The fourth-order valence-corrected chi connectivity index (χ4v) is 3.30. The normalized spacial score (nSPS) is 24.0. The Morgan fingerprint density at radius 3 is 2.62 bits per heavy atom. The van der Waals surface area contributed by atoms with E-state index in [0.717, 1.165) is 17.4 Å². The highest BCUT2D eigenvalue weighted by Crippen LogP contribution is 2.47. The van der Waals surface area contributed by atoms with Gasteiger partial charge in [-0.2, -0.15) is 0 Å². The minimum atomic E-state index is -0.0616. The third kappa shape index (κ3) is 3.45. The number of nitrogens with one attached hydrogen (secondary N) is 1. The molecule has 4 rings (SSSR count). The van der Waals surface area contributed by atoms with Crippen molar-refractivity contribution in [3.8, 4) is 0 Å². The third-order valence-electron chi connectivity index (χ3n) is 5.07. The minimum Gasteiger partial charge on any atom is -0.461 e. The van der Waals surface area contributed by atoms with Gasteiger partial charge in [-0.25, -0.2) is 0 Å². The molecule has 3 atom stereocenters. The quantitative estimate of drug-likeness (QED) is 0.785. The van der Waals surface area contributed by atoms with Crippen LogP contribution in [0.15, 0.2) is 53.0 Å². The van der Waals surface area contributed by atoms with Crippen molar-refractivity contribution in [3.63, 3.8) is 0 Å². The molecule has 24 heavy (non-hydrogen) atoms. The van der Waals surface area contributed by atoms with Crippen LogP contribution in [0.5, 0.6) is 0 Å². The second kappa shape index (κ2) is 6.31. The van der Waals surface area contributed by atoms with Crippen molar-refractivity contribution in [2.45, 2.75) is 38.1 Å². The molecule has 2 aliphatic rings. The van der Waals surface area contributed by atoms with Crippen molar-refractivity contribution in [2.75, 3.05) is 0 Å². The number of rotatable bonds is 6. The van der Waals surface area contributed by atoms with Crippen molar-refractivity contribution in [1.29, 1.82) is 0 Å². The molecule has 1 amide bonds. The Morgan fingerprint density at radius 2 is 1.96 bits per heavy atom. The van der Waals surface area contributed by atoms with Crippen LogP contribution in [0.25, 0.3) is 6.08 Å². The zero-order chi connectivity index (χ0) is 16.5. The van der Waals surface area contributed by atoms with Gasteiger partial charge in [0.25, 0.3) is 0 Å². The number of hydrogen-bond donors (Lipinski definition) is 1. The fraction of sp³-hybridized carbons (Fsp3) is 0.381. The average molecular weight is 321 g/mol. The van der Waals surface area contributed by atoms with Crippen molar-refractivity contribution < 1.29 is 9.21 Å². The van der Waals surface area contributed by atoms with E-state index in [9.17, 15) is 4.79 Å². The van der Waals surface area contributed by atoms with Crippen LogP contribution in [-0.2, 0) is 4.79 Å². The lowest BCUT2D eigenvalue weighted by atomic mass is 10.0. The molecular formula is C21H23NO2. The van der Waals surface area contributed by atoms with Crippen LogP contribution < -0.4 is 5.32 Å². The zero-order valence-corrected chi connectivity index (χ0v) is 13.9. The van der Waals surface area contributed by atoms with Crippen molar-refractivity contribution in [3.05, 3.63) is 65.6 Å². The van der Waals surface area contributed by atoms with Gasteiger partial charge in [0.15, 0.2) is 0 Å². The number of furan rings is 1. The van der Waals surface area contributed by atoms with E-state index in [4.69, 9.17) is 4.42 Å². The lowest BCUT2D eigenvalue weighted by Crippen LogP contribution is -2.28. The van der Waals surface area contributed by atoms with Gasteiger partial charge < -0.3 is 9.73 Å². The Labute approximate surface area is 142 Å². The summed E-state index contributed by atoms with van der Waals surface area (Å²) in [6.45, 7) is 2.23. The Bertz CT molecular complexity index is 742. The van der Waals surface area contributed by atoms with Crippen LogP contribution in [0.3, 0.4) is 0 Å². The number of benzene rings is 1. The van der Waals surface area contributed by atoms with Gasteiger partial charge in [-0.15, -0.1) is 0 Å². The first kappa shape index (κ1) is 15.3. The molecule has 3 unspecified atom stereocenters.